The Balaban J connectivity index is 1.32. The summed E-state index contributed by atoms with van der Waals surface area (Å²) < 4.78 is 12.0. The number of likely N-dealkylation sites (tertiary alicyclic amines) is 1. The van der Waals surface area contributed by atoms with Crippen molar-refractivity contribution in [2.75, 3.05) is 19.7 Å². The summed E-state index contributed by atoms with van der Waals surface area (Å²) in [6.07, 6.45) is 7.00. The van der Waals surface area contributed by atoms with Gasteiger partial charge in [-0.3, -0.25) is 9.88 Å². The molecular weight excluding hydrogens is 290 g/mol. The molecule has 2 aromatic rings. The van der Waals surface area contributed by atoms with E-state index in [0.717, 1.165) is 39.1 Å². The van der Waals surface area contributed by atoms with Crippen LogP contribution in [0.15, 0.2) is 48.9 Å². The number of rotatable bonds is 4. The van der Waals surface area contributed by atoms with E-state index in [4.69, 9.17) is 9.47 Å². The Kier molecular flexibility index (Phi) is 3.97. The van der Waals surface area contributed by atoms with Crippen molar-refractivity contribution in [3.63, 3.8) is 0 Å². The number of aromatic nitrogens is 2. The lowest BCUT2D eigenvalue weighted by molar-refractivity contribution is -0.188. The summed E-state index contributed by atoms with van der Waals surface area (Å²) in [7, 11) is 0. The summed E-state index contributed by atoms with van der Waals surface area (Å²) in [5, 5.41) is 0. The first-order chi connectivity index (χ1) is 11.3. The van der Waals surface area contributed by atoms with E-state index in [-0.39, 0.29) is 11.7 Å². The Labute approximate surface area is 136 Å². The van der Waals surface area contributed by atoms with Crippen LogP contribution in [0.4, 0.5) is 0 Å². The molecule has 2 aliphatic rings. The number of ether oxygens (including phenoxy) is 2. The van der Waals surface area contributed by atoms with Crippen molar-refractivity contribution in [3.8, 4) is 5.88 Å². The highest BCUT2D eigenvalue weighted by Gasteiger charge is 2.48. The highest BCUT2D eigenvalue weighted by molar-refractivity contribution is 5.16. The lowest BCUT2D eigenvalue weighted by Crippen LogP contribution is -2.65. The summed E-state index contributed by atoms with van der Waals surface area (Å²) in [4.78, 5) is 10.7. The lowest BCUT2D eigenvalue weighted by Gasteiger charge is -2.53. The third kappa shape index (κ3) is 3.35. The van der Waals surface area contributed by atoms with Gasteiger partial charge in [0.25, 0.3) is 0 Å². The van der Waals surface area contributed by atoms with E-state index in [1.807, 2.05) is 0 Å². The minimum Gasteiger partial charge on any atom is -0.473 e. The van der Waals surface area contributed by atoms with Gasteiger partial charge in [0.2, 0.25) is 5.88 Å². The Morgan fingerprint density at radius 3 is 2.87 bits per heavy atom. The van der Waals surface area contributed by atoms with Crippen LogP contribution in [-0.2, 0) is 11.3 Å². The molecule has 23 heavy (non-hydrogen) atoms. The second-order valence-corrected chi connectivity index (χ2v) is 6.44. The van der Waals surface area contributed by atoms with Crippen molar-refractivity contribution in [1.29, 1.82) is 0 Å². The molecule has 2 saturated heterocycles. The highest BCUT2D eigenvalue weighted by Crippen LogP contribution is 2.36. The SMILES string of the molecule is c1ccc(CN2CC3(C[C@@H](Oc4cnccn4)CCO3)C2)cc1. The highest BCUT2D eigenvalue weighted by atomic mass is 16.5. The van der Waals surface area contributed by atoms with Crippen LogP contribution in [0.3, 0.4) is 0 Å². The summed E-state index contributed by atoms with van der Waals surface area (Å²) in [5.41, 5.74) is 1.31. The number of benzene rings is 1. The zero-order chi connectivity index (χ0) is 15.5. The fourth-order valence-corrected chi connectivity index (χ4v) is 3.54. The van der Waals surface area contributed by atoms with Crippen LogP contribution < -0.4 is 4.74 Å². The summed E-state index contributed by atoms with van der Waals surface area (Å²) in [6.45, 7) is 3.69. The first-order valence-electron chi connectivity index (χ1n) is 8.14. The quantitative estimate of drug-likeness (QED) is 0.867. The second-order valence-electron chi connectivity index (χ2n) is 6.44. The molecule has 0 amide bonds. The van der Waals surface area contributed by atoms with E-state index in [2.05, 4.69) is 45.2 Å². The van der Waals surface area contributed by atoms with Crippen LogP contribution in [-0.4, -0.2) is 46.3 Å². The van der Waals surface area contributed by atoms with Crippen LogP contribution in [0.1, 0.15) is 18.4 Å². The zero-order valence-electron chi connectivity index (χ0n) is 13.1. The fraction of sp³-hybridized carbons (Fsp3) is 0.444. The number of hydrogen-bond donors (Lipinski definition) is 0. The third-order valence-electron chi connectivity index (χ3n) is 4.55. The third-order valence-corrected chi connectivity index (χ3v) is 4.55. The maximum atomic E-state index is 6.08. The molecule has 1 spiro atoms. The van der Waals surface area contributed by atoms with E-state index < -0.39 is 0 Å². The van der Waals surface area contributed by atoms with Gasteiger partial charge < -0.3 is 9.47 Å². The van der Waals surface area contributed by atoms with E-state index in [0.29, 0.717) is 5.88 Å². The molecule has 2 fully saturated rings. The van der Waals surface area contributed by atoms with E-state index in [9.17, 15) is 0 Å². The molecule has 120 valence electrons. The van der Waals surface area contributed by atoms with Gasteiger partial charge in [-0.2, -0.15) is 0 Å². The maximum absolute atomic E-state index is 6.08. The van der Waals surface area contributed by atoms with Crippen LogP contribution in [0.5, 0.6) is 5.88 Å². The topological polar surface area (TPSA) is 47.5 Å². The number of nitrogens with zero attached hydrogens (tertiary/aromatic N) is 3. The van der Waals surface area contributed by atoms with Gasteiger partial charge in [0, 0.05) is 44.9 Å². The Morgan fingerprint density at radius 1 is 1.22 bits per heavy atom. The van der Waals surface area contributed by atoms with Crippen molar-refractivity contribution in [3.05, 3.63) is 54.5 Å². The minimum absolute atomic E-state index is 0.0418. The largest absolute Gasteiger partial charge is 0.473 e. The maximum Gasteiger partial charge on any atom is 0.232 e. The Hall–Kier alpha value is -1.98. The van der Waals surface area contributed by atoms with Crippen molar-refractivity contribution in [1.82, 2.24) is 14.9 Å². The van der Waals surface area contributed by atoms with Crippen LogP contribution in [0.25, 0.3) is 0 Å². The standard InChI is InChI=1S/C18H21N3O2/c1-2-4-15(5-3-1)12-21-13-18(14-21)10-16(6-9-22-18)23-17-11-19-7-8-20-17/h1-5,7-8,11,16H,6,9-10,12-14H2/t16-/m0/s1. The molecule has 0 aliphatic carbocycles. The van der Waals surface area contributed by atoms with Gasteiger partial charge in [-0.1, -0.05) is 30.3 Å². The zero-order valence-corrected chi connectivity index (χ0v) is 13.1. The van der Waals surface area contributed by atoms with E-state index in [1.54, 1.807) is 18.6 Å². The van der Waals surface area contributed by atoms with Gasteiger partial charge in [0.1, 0.15) is 6.10 Å². The molecule has 1 aromatic carbocycles. The summed E-state index contributed by atoms with van der Waals surface area (Å²) >= 11 is 0. The van der Waals surface area contributed by atoms with Gasteiger partial charge in [-0.25, -0.2) is 4.98 Å². The van der Waals surface area contributed by atoms with Gasteiger partial charge >= 0.3 is 0 Å². The van der Waals surface area contributed by atoms with Gasteiger partial charge in [0.15, 0.2) is 0 Å². The molecule has 0 bridgehead atoms. The monoisotopic (exact) mass is 311 g/mol. The first-order valence-corrected chi connectivity index (χ1v) is 8.14. The van der Waals surface area contributed by atoms with Crippen molar-refractivity contribution in [2.45, 2.75) is 31.1 Å². The number of hydrogen-bond acceptors (Lipinski definition) is 5. The normalized spacial score (nSPS) is 23.4. The minimum atomic E-state index is -0.0418. The average molecular weight is 311 g/mol. The molecule has 1 aromatic heterocycles. The predicted octanol–water partition coefficient (Wildman–Crippen LogP) is 2.29. The average Bonchev–Trinajstić information content (AvgIpc) is 2.56. The Bertz CT molecular complexity index is 629. The van der Waals surface area contributed by atoms with Crippen LogP contribution >= 0.6 is 0 Å². The van der Waals surface area contributed by atoms with Crippen molar-refractivity contribution >= 4 is 0 Å². The lowest BCUT2D eigenvalue weighted by atomic mass is 9.84. The molecule has 2 aliphatic heterocycles. The smallest absolute Gasteiger partial charge is 0.232 e. The van der Waals surface area contributed by atoms with Crippen molar-refractivity contribution in [2.24, 2.45) is 0 Å². The van der Waals surface area contributed by atoms with Gasteiger partial charge in [-0.15, -0.1) is 0 Å². The van der Waals surface area contributed by atoms with Gasteiger partial charge in [-0.05, 0) is 5.56 Å². The molecule has 5 nitrogen and oxygen atoms in total. The summed E-state index contributed by atoms with van der Waals surface area (Å²) in [5.74, 6) is 0.606. The first kappa shape index (κ1) is 14.6. The van der Waals surface area contributed by atoms with Crippen molar-refractivity contribution < 1.29 is 9.47 Å². The predicted molar refractivity (Wildman–Crippen MR) is 86.1 cm³/mol. The van der Waals surface area contributed by atoms with E-state index in [1.165, 1.54) is 5.56 Å². The molecule has 4 rings (SSSR count). The van der Waals surface area contributed by atoms with Crippen LogP contribution in [0, 0.1) is 0 Å². The van der Waals surface area contributed by atoms with Crippen LogP contribution in [0.2, 0.25) is 0 Å². The molecule has 1 atom stereocenters. The molecule has 3 heterocycles. The second kappa shape index (κ2) is 6.26. The molecule has 0 unspecified atom stereocenters. The molecule has 0 saturated carbocycles. The summed E-state index contributed by atoms with van der Waals surface area (Å²) in [6, 6.07) is 10.6. The molecule has 0 radical (unpaired) electrons. The Morgan fingerprint density at radius 2 is 2.09 bits per heavy atom. The molecule has 5 heteroatoms. The fourth-order valence-electron chi connectivity index (χ4n) is 3.54. The van der Waals surface area contributed by atoms with Gasteiger partial charge in [0.05, 0.1) is 18.4 Å². The van der Waals surface area contributed by atoms with E-state index >= 15 is 0 Å². The molecular formula is C18H21N3O2. The molecule has 0 N–H and O–H groups in total.